The van der Waals surface area contributed by atoms with Crippen LogP contribution in [-0.2, 0) is 17.8 Å². The van der Waals surface area contributed by atoms with Crippen molar-refractivity contribution >= 4 is 17.7 Å². The predicted molar refractivity (Wildman–Crippen MR) is 79.7 cm³/mol. The van der Waals surface area contributed by atoms with Gasteiger partial charge in [0.15, 0.2) is 0 Å². The standard InChI is InChI=1S/C14H21N3OS/c1-17(13-6-7-19-10-13)9-12-4-2-11(3-5-12)8-14(18)16-15/h2-5,13H,6-10,15H2,1H3,(H,16,18). The molecule has 3 N–H and O–H groups in total. The van der Waals surface area contributed by atoms with Gasteiger partial charge in [-0.3, -0.25) is 15.1 Å². The smallest absolute Gasteiger partial charge is 0.238 e. The molecule has 1 aliphatic rings. The molecule has 0 spiro atoms. The molecule has 1 atom stereocenters. The molecule has 0 radical (unpaired) electrons. The van der Waals surface area contributed by atoms with Gasteiger partial charge in [-0.05, 0) is 30.3 Å². The fourth-order valence-electron chi connectivity index (χ4n) is 2.29. The number of nitrogens with two attached hydrogens (primary N) is 1. The minimum absolute atomic E-state index is 0.159. The Morgan fingerprint density at radius 1 is 1.42 bits per heavy atom. The van der Waals surface area contributed by atoms with E-state index in [4.69, 9.17) is 5.84 Å². The number of carbonyl (C=O) groups is 1. The summed E-state index contributed by atoms with van der Waals surface area (Å²) in [5.74, 6) is 7.44. The van der Waals surface area contributed by atoms with E-state index in [0.717, 1.165) is 12.1 Å². The molecule has 5 heteroatoms. The minimum Gasteiger partial charge on any atom is -0.298 e. The van der Waals surface area contributed by atoms with Crippen molar-refractivity contribution in [2.24, 2.45) is 5.84 Å². The van der Waals surface area contributed by atoms with Gasteiger partial charge < -0.3 is 0 Å². The molecule has 1 heterocycles. The number of nitrogens with zero attached hydrogens (tertiary/aromatic N) is 1. The molecule has 0 aromatic heterocycles. The number of nitrogens with one attached hydrogen (secondary N) is 1. The van der Waals surface area contributed by atoms with Gasteiger partial charge in [-0.15, -0.1) is 0 Å². The normalized spacial score (nSPS) is 18.8. The lowest BCUT2D eigenvalue weighted by molar-refractivity contribution is -0.120. The van der Waals surface area contributed by atoms with Gasteiger partial charge in [-0.2, -0.15) is 11.8 Å². The number of hydrazine groups is 1. The van der Waals surface area contributed by atoms with E-state index in [0.29, 0.717) is 12.5 Å². The largest absolute Gasteiger partial charge is 0.298 e. The maximum Gasteiger partial charge on any atom is 0.238 e. The highest BCUT2D eigenvalue weighted by atomic mass is 32.2. The van der Waals surface area contributed by atoms with Crippen LogP contribution < -0.4 is 11.3 Å². The summed E-state index contributed by atoms with van der Waals surface area (Å²) in [6, 6.07) is 8.90. The Hall–Kier alpha value is -1.04. The first-order valence-corrected chi connectivity index (χ1v) is 7.70. The van der Waals surface area contributed by atoms with Gasteiger partial charge in [-0.25, -0.2) is 5.84 Å². The number of thioether (sulfide) groups is 1. The van der Waals surface area contributed by atoms with Gasteiger partial charge in [0.05, 0.1) is 6.42 Å². The van der Waals surface area contributed by atoms with Crippen LogP contribution >= 0.6 is 11.8 Å². The van der Waals surface area contributed by atoms with Crippen molar-refractivity contribution in [3.05, 3.63) is 35.4 Å². The van der Waals surface area contributed by atoms with Gasteiger partial charge in [0.2, 0.25) is 5.91 Å². The zero-order chi connectivity index (χ0) is 13.7. The van der Waals surface area contributed by atoms with Crippen molar-refractivity contribution in [1.29, 1.82) is 0 Å². The van der Waals surface area contributed by atoms with E-state index in [1.165, 1.54) is 23.5 Å². The third-order valence-electron chi connectivity index (χ3n) is 3.51. The third-order valence-corrected chi connectivity index (χ3v) is 4.65. The van der Waals surface area contributed by atoms with Gasteiger partial charge in [0, 0.05) is 18.3 Å². The van der Waals surface area contributed by atoms with Crippen LogP contribution in [-0.4, -0.2) is 35.4 Å². The molecule has 1 fully saturated rings. The molecule has 2 rings (SSSR count). The van der Waals surface area contributed by atoms with Crippen molar-refractivity contribution < 1.29 is 4.79 Å². The molecular weight excluding hydrogens is 258 g/mol. The second-order valence-electron chi connectivity index (χ2n) is 4.99. The fourth-order valence-corrected chi connectivity index (χ4v) is 3.58. The van der Waals surface area contributed by atoms with Gasteiger partial charge in [-0.1, -0.05) is 24.3 Å². The highest BCUT2D eigenvalue weighted by Crippen LogP contribution is 2.22. The number of benzene rings is 1. The second-order valence-corrected chi connectivity index (χ2v) is 6.14. The van der Waals surface area contributed by atoms with E-state index in [1.807, 2.05) is 23.9 Å². The minimum atomic E-state index is -0.159. The number of hydrogen-bond donors (Lipinski definition) is 2. The molecule has 4 nitrogen and oxygen atoms in total. The van der Waals surface area contributed by atoms with Crippen LogP contribution in [0.4, 0.5) is 0 Å². The number of carbonyl (C=O) groups excluding carboxylic acids is 1. The average Bonchev–Trinajstić information content (AvgIpc) is 2.95. The molecule has 19 heavy (non-hydrogen) atoms. The third kappa shape index (κ3) is 4.23. The summed E-state index contributed by atoms with van der Waals surface area (Å²) in [6.45, 7) is 0.967. The lowest BCUT2D eigenvalue weighted by atomic mass is 10.1. The zero-order valence-electron chi connectivity index (χ0n) is 11.3. The predicted octanol–water partition coefficient (Wildman–Crippen LogP) is 1.16. The summed E-state index contributed by atoms with van der Waals surface area (Å²) in [6.07, 6.45) is 1.63. The van der Waals surface area contributed by atoms with Crippen LogP contribution in [0.5, 0.6) is 0 Å². The van der Waals surface area contributed by atoms with Crippen molar-refractivity contribution in [3.8, 4) is 0 Å². The topological polar surface area (TPSA) is 58.4 Å². The van der Waals surface area contributed by atoms with Gasteiger partial charge >= 0.3 is 0 Å². The summed E-state index contributed by atoms with van der Waals surface area (Å²) >= 11 is 2.03. The molecule has 1 aromatic carbocycles. The van der Waals surface area contributed by atoms with Crippen LogP contribution in [0.15, 0.2) is 24.3 Å². The maximum atomic E-state index is 11.2. The number of rotatable bonds is 5. The number of hydrogen-bond acceptors (Lipinski definition) is 4. The first-order chi connectivity index (χ1) is 9.19. The first kappa shape index (κ1) is 14.4. The second kappa shape index (κ2) is 6.93. The molecule has 1 aromatic rings. The Morgan fingerprint density at radius 2 is 2.11 bits per heavy atom. The quantitative estimate of drug-likeness (QED) is 0.482. The Bertz CT molecular complexity index is 415. The lowest BCUT2D eigenvalue weighted by Gasteiger charge is -2.23. The SMILES string of the molecule is CN(Cc1ccc(CC(=O)NN)cc1)C1CCSC1. The van der Waals surface area contributed by atoms with E-state index < -0.39 is 0 Å². The van der Waals surface area contributed by atoms with Gasteiger partial charge in [0.1, 0.15) is 0 Å². The van der Waals surface area contributed by atoms with Crippen LogP contribution in [0, 0.1) is 0 Å². The summed E-state index contributed by atoms with van der Waals surface area (Å²) in [5.41, 5.74) is 4.43. The molecular formula is C14H21N3OS. The lowest BCUT2D eigenvalue weighted by Crippen LogP contribution is -2.31. The highest BCUT2D eigenvalue weighted by Gasteiger charge is 2.19. The van der Waals surface area contributed by atoms with Crippen molar-refractivity contribution in [2.75, 3.05) is 18.6 Å². The fraction of sp³-hybridized carbons (Fsp3) is 0.500. The highest BCUT2D eigenvalue weighted by molar-refractivity contribution is 7.99. The van der Waals surface area contributed by atoms with E-state index in [9.17, 15) is 4.79 Å². The van der Waals surface area contributed by atoms with Crippen molar-refractivity contribution in [1.82, 2.24) is 10.3 Å². The van der Waals surface area contributed by atoms with E-state index in [-0.39, 0.29) is 5.91 Å². The van der Waals surface area contributed by atoms with E-state index in [2.05, 4.69) is 29.5 Å². The Kier molecular flexibility index (Phi) is 5.24. The first-order valence-electron chi connectivity index (χ1n) is 6.54. The van der Waals surface area contributed by atoms with Crippen molar-refractivity contribution in [3.63, 3.8) is 0 Å². The Morgan fingerprint density at radius 3 is 2.68 bits per heavy atom. The van der Waals surface area contributed by atoms with E-state index >= 15 is 0 Å². The molecule has 0 aliphatic carbocycles. The summed E-state index contributed by atoms with van der Waals surface area (Å²) in [5, 5.41) is 0. The van der Waals surface area contributed by atoms with Crippen molar-refractivity contribution in [2.45, 2.75) is 25.4 Å². The summed E-state index contributed by atoms with van der Waals surface area (Å²) < 4.78 is 0. The summed E-state index contributed by atoms with van der Waals surface area (Å²) in [7, 11) is 2.19. The molecule has 0 saturated carbocycles. The van der Waals surface area contributed by atoms with E-state index in [1.54, 1.807) is 0 Å². The average molecular weight is 279 g/mol. The number of amides is 1. The zero-order valence-corrected chi connectivity index (χ0v) is 12.1. The molecule has 1 saturated heterocycles. The molecule has 1 aliphatic heterocycles. The van der Waals surface area contributed by atoms with Gasteiger partial charge in [0.25, 0.3) is 0 Å². The molecule has 0 bridgehead atoms. The molecule has 1 amide bonds. The van der Waals surface area contributed by atoms with Crippen LogP contribution in [0.25, 0.3) is 0 Å². The maximum absolute atomic E-state index is 11.2. The summed E-state index contributed by atoms with van der Waals surface area (Å²) in [4.78, 5) is 13.6. The molecule has 104 valence electrons. The molecule has 1 unspecified atom stereocenters. The van der Waals surface area contributed by atoms with Crippen LogP contribution in [0.3, 0.4) is 0 Å². The monoisotopic (exact) mass is 279 g/mol. The Labute approximate surface area is 118 Å². The van der Waals surface area contributed by atoms with Crippen LogP contribution in [0.2, 0.25) is 0 Å². The Balaban J connectivity index is 1.89. The van der Waals surface area contributed by atoms with Crippen LogP contribution in [0.1, 0.15) is 17.5 Å².